The third kappa shape index (κ3) is 4.75. The zero-order chi connectivity index (χ0) is 23.5. The van der Waals surface area contributed by atoms with Gasteiger partial charge in [-0.15, -0.1) is 0 Å². The molecule has 0 spiro atoms. The van der Waals surface area contributed by atoms with Crippen molar-refractivity contribution in [1.29, 1.82) is 0 Å². The highest BCUT2D eigenvalue weighted by Crippen LogP contribution is 2.42. The molecule has 0 bridgehead atoms. The fourth-order valence-electron chi connectivity index (χ4n) is 2.90. The number of carbonyl (C=O) groups excluding carboxylic acids is 1. The number of carbonyl (C=O) groups is 1. The molecule has 0 atom stereocenters. The maximum absolute atomic E-state index is 12.8. The Morgan fingerprint density at radius 3 is 2.31 bits per heavy atom. The van der Waals surface area contributed by atoms with Crippen LogP contribution in [-0.4, -0.2) is 37.4 Å². The van der Waals surface area contributed by atoms with Gasteiger partial charge in [0, 0.05) is 5.56 Å². The molecule has 10 heteroatoms. The Kier molecular flexibility index (Phi) is 6.83. The Hall–Kier alpha value is -3.40. The van der Waals surface area contributed by atoms with Crippen LogP contribution in [0.25, 0.3) is 6.08 Å². The molecule has 168 valence electrons. The Balaban J connectivity index is 2.05. The van der Waals surface area contributed by atoms with E-state index in [-0.39, 0.29) is 27.0 Å². The summed E-state index contributed by atoms with van der Waals surface area (Å²) >= 11 is 0.970. The molecule has 32 heavy (non-hydrogen) atoms. The summed E-state index contributed by atoms with van der Waals surface area (Å²) in [4.78, 5) is 16.8. The summed E-state index contributed by atoms with van der Waals surface area (Å²) in [5, 5.41) is 10.8. The summed E-state index contributed by atoms with van der Waals surface area (Å²) in [6, 6.07) is 9.29. The molecule has 0 aromatic heterocycles. The van der Waals surface area contributed by atoms with Gasteiger partial charge in [0.15, 0.2) is 11.5 Å². The van der Waals surface area contributed by atoms with Gasteiger partial charge in [0.1, 0.15) is 16.4 Å². The summed E-state index contributed by atoms with van der Waals surface area (Å²) < 4.78 is 53.8. The van der Waals surface area contributed by atoms with Crippen molar-refractivity contribution in [2.45, 2.75) is 6.18 Å². The third-order valence-corrected chi connectivity index (χ3v) is 5.45. The summed E-state index contributed by atoms with van der Waals surface area (Å²) in [6.07, 6.45) is -2.89. The number of rotatable bonds is 5. The smallest absolute Gasteiger partial charge is 0.416 e. The van der Waals surface area contributed by atoms with E-state index in [2.05, 4.69) is 4.99 Å². The molecule has 1 aliphatic rings. The number of methoxy groups -OCH3 is 3. The molecule has 0 amide bonds. The van der Waals surface area contributed by atoms with Gasteiger partial charge in [-0.1, -0.05) is 23.9 Å². The minimum Gasteiger partial charge on any atom is -0.506 e. The van der Waals surface area contributed by atoms with Gasteiger partial charge >= 0.3 is 12.1 Å². The van der Waals surface area contributed by atoms with Crippen molar-refractivity contribution in [3.05, 3.63) is 69.8 Å². The molecule has 0 saturated carbocycles. The summed E-state index contributed by atoms with van der Waals surface area (Å²) in [6.45, 7) is 0. The highest BCUT2D eigenvalue weighted by atomic mass is 32.2. The van der Waals surface area contributed by atoms with Crippen LogP contribution in [0.4, 0.5) is 18.9 Å². The van der Waals surface area contributed by atoms with Crippen LogP contribution in [0, 0.1) is 0 Å². The third-order valence-electron chi connectivity index (χ3n) is 4.43. The molecule has 1 heterocycles. The second-order valence-corrected chi connectivity index (χ2v) is 7.40. The van der Waals surface area contributed by atoms with Crippen molar-refractivity contribution >= 4 is 34.5 Å². The second-order valence-electron chi connectivity index (χ2n) is 6.37. The number of thioether (sulfide) groups is 1. The van der Waals surface area contributed by atoms with Crippen molar-refractivity contribution in [2.24, 2.45) is 4.99 Å². The first kappa shape index (κ1) is 23.3. The highest BCUT2D eigenvalue weighted by molar-refractivity contribution is 8.18. The van der Waals surface area contributed by atoms with Crippen molar-refractivity contribution in [1.82, 2.24) is 0 Å². The first-order valence-corrected chi connectivity index (χ1v) is 9.90. The number of hydrogen-bond acceptors (Lipinski definition) is 7. The molecular weight excluding hydrogens is 447 g/mol. The number of aliphatic hydroxyl groups excluding tert-OH is 1. The summed E-state index contributed by atoms with van der Waals surface area (Å²) in [7, 11) is 4.10. The SMILES string of the molecule is COC(=O)C1=C(O)/C(=C\c2cccc(OC)c2OC)SC1=Nc1ccc(C(F)(F)F)cc1. The Bertz CT molecular complexity index is 1120. The lowest BCUT2D eigenvalue weighted by molar-refractivity contribution is -0.137. The van der Waals surface area contributed by atoms with Crippen LogP contribution in [0.5, 0.6) is 11.5 Å². The van der Waals surface area contributed by atoms with Crippen LogP contribution >= 0.6 is 11.8 Å². The Morgan fingerprint density at radius 1 is 1.06 bits per heavy atom. The molecule has 2 aromatic rings. The highest BCUT2D eigenvalue weighted by Gasteiger charge is 2.34. The predicted octanol–water partition coefficient (Wildman–Crippen LogP) is 5.53. The molecule has 3 rings (SSSR count). The number of esters is 1. The normalized spacial score (nSPS) is 16.6. The molecule has 0 unspecified atom stereocenters. The van der Waals surface area contributed by atoms with Crippen molar-refractivity contribution in [3.8, 4) is 11.5 Å². The zero-order valence-electron chi connectivity index (χ0n) is 17.2. The van der Waals surface area contributed by atoms with E-state index >= 15 is 0 Å². The quantitative estimate of drug-likeness (QED) is 0.586. The molecule has 2 aromatic carbocycles. The molecule has 0 saturated heterocycles. The van der Waals surface area contributed by atoms with E-state index < -0.39 is 17.7 Å². The minimum absolute atomic E-state index is 0.0854. The average molecular weight is 465 g/mol. The number of hydrogen-bond donors (Lipinski definition) is 1. The molecule has 0 fully saturated rings. The van der Waals surface area contributed by atoms with Gasteiger partial charge in [-0.05, 0) is 36.4 Å². The topological polar surface area (TPSA) is 77.4 Å². The average Bonchev–Trinajstić information content (AvgIpc) is 3.07. The lowest BCUT2D eigenvalue weighted by Crippen LogP contribution is -2.10. The van der Waals surface area contributed by atoms with E-state index in [9.17, 15) is 23.1 Å². The zero-order valence-corrected chi connectivity index (χ0v) is 18.0. The fraction of sp³-hybridized carbons (Fsp3) is 0.182. The van der Waals surface area contributed by atoms with E-state index in [1.807, 2.05) is 0 Å². The van der Waals surface area contributed by atoms with E-state index in [0.717, 1.165) is 31.0 Å². The minimum atomic E-state index is -4.48. The van der Waals surface area contributed by atoms with Crippen LogP contribution in [-0.2, 0) is 15.7 Å². The first-order chi connectivity index (χ1) is 15.2. The number of halogens is 3. The van der Waals surface area contributed by atoms with E-state index in [1.54, 1.807) is 24.3 Å². The van der Waals surface area contributed by atoms with Crippen LogP contribution < -0.4 is 9.47 Å². The van der Waals surface area contributed by atoms with Gasteiger partial charge < -0.3 is 19.3 Å². The Labute approximate surface area is 186 Å². The fourth-order valence-corrected chi connectivity index (χ4v) is 3.93. The number of alkyl halides is 3. The second kappa shape index (κ2) is 9.39. The van der Waals surface area contributed by atoms with Gasteiger partial charge in [0.25, 0.3) is 0 Å². The number of para-hydroxylation sites is 1. The molecule has 1 aliphatic heterocycles. The molecule has 0 aliphatic carbocycles. The lowest BCUT2D eigenvalue weighted by Gasteiger charge is -2.10. The lowest BCUT2D eigenvalue weighted by atomic mass is 10.1. The van der Waals surface area contributed by atoms with E-state index in [1.165, 1.54) is 26.4 Å². The summed E-state index contributed by atoms with van der Waals surface area (Å²) in [5.74, 6) is -0.303. The maximum Gasteiger partial charge on any atom is 0.416 e. The number of ether oxygens (including phenoxy) is 3. The number of aliphatic imine (C=N–C) groups is 1. The Morgan fingerprint density at radius 2 is 1.75 bits per heavy atom. The summed E-state index contributed by atoms with van der Waals surface area (Å²) in [5.41, 5.74) is -0.265. The van der Waals surface area contributed by atoms with Gasteiger partial charge in [-0.25, -0.2) is 9.79 Å². The molecule has 1 N–H and O–H groups in total. The predicted molar refractivity (Wildman–Crippen MR) is 115 cm³/mol. The van der Waals surface area contributed by atoms with Crippen molar-refractivity contribution in [2.75, 3.05) is 21.3 Å². The number of benzene rings is 2. The van der Waals surface area contributed by atoms with Gasteiger partial charge in [-0.3, -0.25) is 0 Å². The van der Waals surface area contributed by atoms with E-state index in [4.69, 9.17) is 14.2 Å². The van der Waals surface area contributed by atoms with E-state index in [0.29, 0.717) is 17.1 Å². The van der Waals surface area contributed by atoms with Crippen LogP contribution in [0.3, 0.4) is 0 Å². The molecule has 0 radical (unpaired) electrons. The number of nitrogens with zero attached hydrogens (tertiary/aromatic N) is 1. The first-order valence-electron chi connectivity index (χ1n) is 9.08. The largest absolute Gasteiger partial charge is 0.506 e. The standard InChI is InChI=1S/C22H18F3NO5S/c1-29-15-6-4-5-12(19(15)30-2)11-16-18(27)17(21(28)31-3)20(32-16)26-14-9-7-13(8-10-14)22(23,24)25/h4-11,27H,1-3H3/b16-11+,26-20?. The number of aliphatic hydroxyl groups is 1. The van der Waals surface area contributed by atoms with Crippen LogP contribution in [0.15, 0.2) is 63.7 Å². The van der Waals surface area contributed by atoms with Crippen molar-refractivity contribution < 1.29 is 37.3 Å². The monoisotopic (exact) mass is 465 g/mol. The maximum atomic E-state index is 12.8. The van der Waals surface area contributed by atoms with Crippen LogP contribution in [0.2, 0.25) is 0 Å². The van der Waals surface area contributed by atoms with Crippen LogP contribution in [0.1, 0.15) is 11.1 Å². The van der Waals surface area contributed by atoms with Gasteiger partial charge in [0.2, 0.25) is 0 Å². The van der Waals surface area contributed by atoms with Crippen molar-refractivity contribution in [3.63, 3.8) is 0 Å². The molecule has 6 nitrogen and oxygen atoms in total. The van der Waals surface area contributed by atoms with Gasteiger partial charge in [0.05, 0.1) is 37.5 Å². The molecular formula is C22H18F3NO5S. The van der Waals surface area contributed by atoms with Gasteiger partial charge in [-0.2, -0.15) is 13.2 Å².